The number of hydrogen-bond acceptors (Lipinski definition) is 5. The van der Waals surface area contributed by atoms with Crippen molar-refractivity contribution in [3.8, 4) is 5.75 Å². The van der Waals surface area contributed by atoms with Crippen LogP contribution in [0.1, 0.15) is 30.1 Å². The molecule has 168 valence electrons. The minimum Gasteiger partial charge on any atom is -0.481 e. The van der Waals surface area contributed by atoms with Gasteiger partial charge in [0.15, 0.2) is 29.6 Å². The van der Waals surface area contributed by atoms with Crippen molar-refractivity contribution in [3.05, 3.63) is 83.8 Å². The van der Waals surface area contributed by atoms with Crippen LogP contribution in [0.5, 0.6) is 5.75 Å². The van der Waals surface area contributed by atoms with Gasteiger partial charge in [-0.15, -0.1) is 0 Å². The van der Waals surface area contributed by atoms with Crippen LogP contribution in [0.3, 0.4) is 0 Å². The monoisotopic (exact) mass is 445 g/mol. The fourth-order valence-corrected chi connectivity index (χ4v) is 4.18. The van der Waals surface area contributed by atoms with E-state index in [4.69, 9.17) is 9.72 Å². The summed E-state index contributed by atoms with van der Waals surface area (Å²) in [7, 11) is 0. The van der Waals surface area contributed by atoms with E-state index in [-0.39, 0.29) is 24.3 Å². The third-order valence-corrected chi connectivity index (χ3v) is 5.85. The van der Waals surface area contributed by atoms with Crippen LogP contribution in [0.25, 0.3) is 11.0 Å². The summed E-state index contributed by atoms with van der Waals surface area (Å²) < 4.78 is 19.2. The van der Waals surface area contributed by atoms with E-state index in [1.807, 2.05) is 30.3 Å². The molecule has 0 saturated carbocycles. The Morgan fingerprint density at radius 1 is 1.12 bits per heavy atom. The van der Waals surface area contributed by atoms with E-state index in [1.54, 1.807) is 17.0 Å². The number of H-pyrrole nitrogens is 1. The molecule has 0 radical (unpaired) electrons. The first-order valence-electron chi connectivity index (χ1n) is 11.0. The second kappa shape index (κ2) is 9.28. The number of para-hydroxylation sites is 1. The summed E-state index contributed by atoms with van der Waals surface area (Å²) in [6.07, 6.45) is 1.69. The Bertz CT molecular complexity index is 1260. The zero-order chi connectivity index (χ0) is 22.6. The van der Waals surface area contributed by atoms with E-state index in [9.17, 15) is 9.18 Å². The van der Waals surface area contributed by atoms with Crippen molar-refractivity contribution in [2.24, 2.45) is 0 Å². The Kier molecular flexibility index (Phi) is 5.89. The van der Waals surface area contributed by atoms with Gasteiger partial charge in [-0.25, -0.2) is 9.37 Å². The smallest absolute Gasteiger partial charge is 0.261 e. The van der Waals surface area contributed by atoms with Gasteiger partial charge < -0.3 is 15.0 Å². The van der Waals surface area contributed by atoms with E-state index >= 15 is 0 Å². The predicted molar refractivity (Wildman–Crippen MR) is 123 cm³/mol. The third-order valence-electron chi connectivity index (χ3n) is 5.85. The van der Waals surface area contributed by atoms with E-state index < -0.39 is 5.82 Å². The highest BCUT2D eigenvalue weighted by Crippen LogP contribution is 2.32. The maximum Gasteiger partial charge on any atom is 0.261 e. The molecule has 2 aromatic heterocycles. The van der Waals surface area contributed by atoms with Crippen LogP contribution >= 0.6 is 0 Å². The predicted octanol–water partition coefficient (Wildman–Crippen LogP) is 4.45. The average Bonchev–Trinajstić information content (AvgIpc) is 3.50. The maximum absolute atomic E-state index is 13.8. The Hall–Kier alpha value is -3.94. The van der Waals surface area contributed by atoms with Crippen LogP contribution in [0.4, 0.5) is 10.2 Å². The van der Waals surface area contributed by atoms with Crippen molar-refractivity contribution in [2.75, 3.05) is 18.5 Å². The molecule has 8 heteroatoms. The molecular formula is C25H24FN5O2. The fraction of sp³-hybridized carbons (Fsp3) is 0.240. The molecule has 0 bridgehead atoms. The van der Waals surface area contributed by atoms with Crippen LogP contribution < -0.4 is 10.1 Å². The maximum atomic E-state index is 13.8. The lowest BCUT2D eigenvalue weighted by Gasteiger charge is -2.24. The number of rotatable bonds is 7. The minimum absolute atomic E-state index is 0.0779. The molecule has 1 amide bonds. The molecule has 1 aliphatic rings. The highest BCUT2D eigenvalue weighted by molar-refractivity contribution is 5.87. The van der Waals surface area contributed by atoms with Gasteiger partial charge in [-0.2, -0.15) is 5.10 Å². The second-order valence-electron chi connectivity index (χ2n) is 8.01. The first-order valence-corrected chi connectivity index (χ1v) is 11.0. The van der Waals surface area contributed by atoms with E-state index in [2.05, 4.69) is 27.6 Å². The van der Waals surface area contributed by atoms with Gasteiger partial charge >= 0.3 is 0 Å². The zero-order valence-corrected chi connectivity index (χ0v) is 18.0. The summed E-state index contributed by atoms with van der Waals surface area (Å²) in [5.41, 5.74) is 2.64. The average molecular weight is 445 g/mol. The lowest BCUT2D eigenvalue weighted by Crippen LogP contribution is -2.34. The zero-order valence-electron chi connectivity index (χ0n) is 18.0. The Morgan fingerprint density at radius 2 is 1.94 bits per heavy atom. The number of anilines is 1. The van der Waals surface area contributed by atoms with Gasteiger partial charge in [0.05, 0.1) is 17.1 Å². The normalized spacial score (nSPS) is 15.7. The molecule has 0 unspecified atom stereocenters. The van der Waals surface area contributed by atoms with Gasteiger partial charge in [0, 0.05) is 13.1 Å². The lowest BCUT2D eigenvalue weighted by molar-refractivity contribution is -0.134. The third kappa shape index (κ3) is 4.50. The molecule has 0 aliphatic carbocycles. The number of pyridine rings is 1. The number of halogens is 1. The standard InChI is InChI=1S/C25H24FN5O2/c26-19-9-4-5-11-22(19)33-16-23(32)31-14-6-10-21(31)20-13-12-18-24(29-30-25(18)28-20)27-15-17-7-2-1-3-8-17/h1-5,7-9,11-13,21H,6,10,14-16H2,(H2,27,28,29,30)/t21-/m1/s1. The second-order valence-corrected chi connectivity index (χ2v) is 8.01. The minimum atomic E-state index is -0.480. The van der Waals surface area contributed by atoms with Crippen molar-refractivity contribution in [1.29, 1.82) is 0 Å². The van der Waals surface area contributed by atoms with Gasteiger partial charge in [-0.1, -0.05) is 42.5 Å². The number of amides is 1. The Labute approximate surface area is 190 Å². The summed E-state index contributed by atoms with van der Waals surface area (Å²) in [5.74, 6) is 0.156. The molecule has 1 fully saturated rings. The van der Waals surface area contributed by atoms with E-state index in [0.717, 1.165) is 35.3 Å². The van der Waals surface area contributed by atoms with Crippen molar-refractivity contribution < 1.29 is 13.9 Å². The Morgan fingerprint density at radius 3 is 2.79 bits per heavy atom. The van der Waals surface area contributed by atoms with Gasteiger partial charge in [0.1, 0.15) is 0 Å². The molecule has 1 aliphatic heterocycles. The number of carbonyl (C=O) groups is 1. The van der Waals surface area contributed by atoms with Crippen molar-refractivity contribution in [2.45, 2.75) is 25.4 Å². The summed E-state index contributed by atoms with van der Waals surface area (Å²) in [6, 6.07) is 20.0. The summed E-state index contributed by atoms with van der Waals surface area (Å²) in [4.78, 5) is 19.3. The summed E-state index contributed by atoms with van der Waals surface area (Å²) in [5, 5.41) is 11.6. The molecule has 0 spiro atoms. The molecule has 4 aromatic rings. The lowest BCUT2D eigenvalue weighted by atomic mass is 10.1. The number of hydrogen-bond donors (Lipinski definition) is 2. The SMILES string of the molecule is O=C(COc1ccccc1F)N1CCC[C@@H]1c1ccc2c(NCc3ccccc3)n[nH]c2n1. The molecular weight excluding hydrogens is 421 g/mol. The van der Waals surface area contributed by atoms with Gasteiger partial charge in [-0.3, -0.25) is 9.89 Å². The summed E-state index contributed by atoms with van der Waals surface area (Å²) >= 11 is 0. The number of likely N-dealkylation sites (tertiary alicyclic amines) is 1. The van der Waals surface area contributed by atoms with Gasteiger partial charge in [-0.05, 0) is 42.7 Å². The number of benzene rings is 2. The van der Waals surface area contributed by atoms with Crippen LogP contribution in [-0.4, -0.2) is 39.1 Å². The number of aromatic amines is 1. The molecule has 1 atom stereocenters. The molecule has 5 rings (SSSR count). The number of carbonyl (C=O) groups excluding carboxylic acids is 1. The summed E-state index contributed by atoms with van der Waals surface area (Å²) in [6.45, 7) is 1.07. The number of nitrogens with zero attached hydrogens (tertiary/aromatic N) is 3. The Balaban J connectivity index is 1.27. The van der Waals surface area contributed by atoms with Crippen molar-refractivity contribution in [1.82, 2.24) is 20.1 Å². The van der Waals surface area contributed by atoms with E-state index in [0.29, 0.717) is 18.7 Å². The van der Waals surface area contributed by atoms with Crippen LogP contribution in [0.15, 0.2) is 66.7 Å². The van der Waals surface area contributed by atoms with Crippen molar-refractivity contribution >= 4 is 22.8 Å². The molecule has 7 nitrogen and oxygen atoms in total. The molecule has 3 heterocycles. The highest BCUT2D eigenvalue weighted by atomic mass is 19.1. The number of fused-ring (bicyclic) bond motifs is 1. The largest absolute Gasteiger partial charge is 0.481 e. The number of aromatic nitrogens is 3. The van der Waals surface area contributed by atoms with Crippen LogP contribution in [0, 0.1) is 5.82 Å². The first-order chi connectivity index (χ1) is 16.2. The molecule has 2 N–H and O–H groups in total. The highest BCUT2D eigenvalue weighted by Gasteiger charge is 2.31. The van der Waals surface area contributed by atoms with Gasteiger partial charge in [0.25, 0.3) is 5.91 Å². The van der Waals surface area contributed by atoms with E-state index in [1.165, 1.54) is 12.1 Å². The molecule has 1 saturated heterocycles. The number of ether oxygens (including phenoxy) is 1. The van der Waals surface area contributed by atoms with Crippen LogP contribution in [0.2, 0.25) is 0 Å². The first kappa shape index (κ1) is 20.9. The van der Waals surface area contributed by atoms with Gasteiger partial charge in [0.2, 0.25) is 0 Å². The topological polar surface area (TPSA) is 83.1 Å². The fourth-order valence-electron chi connectivity index (χ4n) is 4.18. The van der Waals surface area contributed by atoms with Crippen molar-refractivity contribution in [3.63, 3.8) is 0 Å². The molecule has 2 aromatic carbocycles. The number of nitrogens with one attached hydrogen (secondary N) is 2. The van der Waals surface area contributed by atoms with Crippen LogP contribution in [-0.2, 0) is 11.3 Å². The quantitative estimate of drug-likeness (QED) is 0.439. The molecule has 33 heavy (non-hydrogen) atoms.